The summed E-state index contributed by atoms with van der Waals surface area (Å²) in [5.41, 5.74) is 0.537. The topological polar surface area (TPSA) is 64.1 Å². The molecule has 2 heterocycles. The summed E-state index contributed by atoms with van der Waals surface area (Å²) in [6.07, 6.45) is 6.34. The van der Waals surface area contributed by atoms with Gasteiger partial charge in [-0.15, -0.1) is 0 Å². The smallest absolute Gasteiger partial charge is 0.254 e. The molecular formula is C13H17N3O2. The standard InChI is InChI=1S/C13H17N3O2/c1-2-12-14-6-8(7-15-12)13(17)16-10-5-11-9(10)3-4-18-11/h6-7,9-11H,2-5H2,1H3,(H,16,17)/t9-,10+,11+/m1/s1. The van der Waals surface area contributed by atoms with E-state index >= 15 is 0 Å². The first-order chi connectivity index (χ1) is 8.78. The third-order valence-corrected chi connectivity index (χ3v) is 3.86. The maximum absolute atomic E-state index is 12.0. The van der Waals surface area contributed by atoms with E-state index in [0.29, 0.717) is 17.6 Å². The highest BCUT2D eigenvalue weighted by Gasteiger charge is 2.45. The molecule has 1 aromatic heterocycles. The molecule has 18 heavy (non-hydrogen) atoms. The lowest BCUT2D eigenvalue weighted by molar-refractivity contribution is 0.00809. The van der Waals surface area contributed by atoms with Crippen LogP contribution in [-0.2, 0) is 11.2 Å². The van der Waals surface area contributed by atoms with Crippen LogP contribution in [0.4, 0.5) is 0 Å². The van der Waals surface area contributed by atoms with Gasteiger partial charge in [0.25, 0.3) is 5.91 Å². The molecule has 0 radical (unpaired) electrons. The number of fused-ring (bicyclic) bond motifs is 1. The van der Waals surface area contributed by atoms with E-state index in [1.54, 1.807) is 12.4 Å². The van der Waals surface area contributed by atoms with Gasteiger partial charge in [0.05, 0.1) is 11.7 Å². The van der Waals surface area contributed by atoms with E-state index in [9.17, 15) is 4.79 Å². The van der Waals surface area contributed by atoms with Crippen LogP contribution >= 0.6 is 0 Å². The van der Waals surface area contributed by atoms with Crippen LogP contribution in [0.1, 0.15) is 35.9 Å². The molecule has 2 fully saturated rings. The number of hydrogen-bond donors (Lipinski definition) is 1. The van der Waals surface area contributed by atoms with Crippen LogP contribution in [0, 0.1) is 5.92 Å². The summed E-state index contributed by atoms with van der Waals surface area (Å²) in [6, 6.07) is 0.260. The number of ether oxygens (including phenoxy) is 1. The molecule has 1 aliphatic heterocycles. The lowest BCUT2D eigenvalue weighted by atomic mass is 9.76. The number of aromatic nitrogens is 2. The lowest BCUT2D eigenvalue weighted by Crippen LogP contribution is -2.53. The zero-order chi connectivity index (χ0) is 12.5. The van der Waals surface area contributed by atoms with Gasteiger partial charge in [-0.25, -0.2) is 9.97 Å². The minimum absolute atomic E-state index is 0.0759. The predicted octanol–water partition coefficient (Wildman–Crippen LogP) is 0.946. The van der Waals surface area contributed by atoms with E-state index in [0.717, 1.165) is 31.7 Å². The minimum Gasteiger partial charge on any atom is -0.378 e. The van der Waals surface area contributed by atoms with Gasteiger partial charge in [-0.1, -0.05) is 6.92 Å². The number of nitrogens with one attached hydrogen (secondary N) is 1. The quantitative estimate of drug-likeness (QED) is 0.863. The third-order valence-electron chi connectivity index (χ3n) is 3.86. The molecule has 1 saturated carbocycles. The van der Waals surface area contributed by atoms with Crippen molar-refractivity contribution in [3.63, 3.8) is 0 Å². The van der Waals surface area contributed by atoms with Gasteiger partial charge in [-0.3, -0.25) is 4.79 Å². The largest absolute Gasteiger partial charge is 0.378 e. The summed E-state index contributed by atoms with van der Waals surface area (Å²) in [4.78, 5) is 20.3. The molecule has 0 aromatic carbocycles. The van der Waals surface area contributed by atoms with Gasteiger partial charge in [-0.2, -0.15) is 0 Å². The van der Waals surface area contributed by atoms with E-state index < -0.39 is 0 Å². The number of rotatable bonds is 3. The predicted molar refractivity (Wildman–Crippen MR) is 65.1 cm³/mol. The molecule has 5 heteroatoms. The molecule has 3 rings (SSSR count). The van der Waals surface area contributed by atoms with E-state index in [1.165, 1.54) is 0 Å². The Morgan fingerprint density at radius 1 is 1.50 bits per heavy atom. The van der Waals surface area contributed by atoms with Gasteiger partial charge in [0, 0.05) is 37.4 Å². The van der Waals surface area contributed by atoms with Gasteiger partial charge in [0.2, 0.25) is 0 Å². The van der Waals surface area contributed by atoms with Crippen LogP contribution in [0.2, 0.25) is 0 Å². The van der Waals surface area contributed by atoms with Crippen LogP contribution < -0.4 is 5.32 Å². The van der Waals surface area contributed by atoms with Gasteiger partial charge in [0.15, 0.2) is 0 Å². The molecule has 2 aliphatic rings. The summed E-state index contributed by atoms with van der Waals surface area (Å²) < 4.78 is 5.52. The van der Waals surface area contributed by atoms with Gasteiger partial charge in [-0.05, 0) is 12.8 Å². The van der Waals surface area contributed by atoms with Crippen LogP contribution in [0.5, 0.6) is 0 Å². The summed E-state index contributed by atoms with van der Waals surface area (Å²) in [5, 5.41) is 3.04. The molecule has 1 amide bonds. The SMILES string of the molecule is CCc1ncc(C(=O)N[C@H]2C[C@@H]3OCC[C@H]23)cn1. The summed E-state index contributed by atoms with van der Waals surface area (Å²) in [7, 11) is 0. The Hall–Kier alpha value is -1.49. The average Bonchev–Trinajstić information content (AvgIpc) is 2.77. The molecule has 0 unspecified atom stereocenters. The Bertz CT molecular complexity index is 446. The van der Waals surface area contributed by atoms with Crippen LogP contribution in [0.15, 0.2) is 12.4 Å². The van der Waals surface area contributed by atoms with Gasteiger partial charge >= 0.3 is 0 Å². The zero-order valence-corrected chi connectivity index (χ0v) is 10.4. The first kappa shape index (κ1) is 11.6. The molecule has 1 aliphatic carbocycles. The normalized spacial score (nSPS) is 29.5. The maximum Gasteiger partial charge on any atom is 0.254 e. The molecule has 1 saturated heterocycles. The van der Waals surface area contributed by atoms with E-state index in [2.05, 4.69) is 15.3 Å². The van der Waals surface area contributed by atoms with Crippen molar-refractivity contribution in [3.8, 4) is 0 Å². The number of amides is 1. The maximum atomic E-state index is 12.0. The fourth-order valence-electron chi connectivity index (χ4n) is 2.67. The van der Waals surface area contributed by atoms with Crippen LogP contribution in [0.3, 0.4) is 0 Å². The van der Waals surface area contributed by atoms with Gasteiger partial charge < -0.3 is 10.1 Å². The van der Waals surface area contributed by atoms with Crippen molar-refractivity contribution in [1.29, 1.82) is 0 Å². The molecule has 5 nitrogen and oxygen atoms in total. The molecule has 1 N–H and O–H groups in total. The zero-order valence-electron chi connectivity index (χ0n) is 10.4. The summed E-state index contributed by atoms with van der Waals surface area (Å²) in [6.45, 7) is 2.82. The van der Waals surface area contributed by atoms with Crippen molar-refractivity contribution < 1.29 is 9.53 Å². The second-order valence-corrected chi connectivity index (χ2v) is 4.92. The van der Waals surface area contributed by atoms with Crippen molar-refractivity contribution in [2.45, 2.75) is 38.3 Å². The Morgan fingerprint density at radius 2 is 2.28 bits per heavy atom. The fraction of sp³-hybridized carbons (Fsp3) is 0.615. The first-order valence-corrected chi connectivity index (χ1v) is 6.51. The van der Waals surface area contributed by atoms with Crippen molar-refractivity contribution in [2.75, 3.05) is 6.61 Å². The number of carbonyl (C=O) groups excluding carboxylic acids is 1. The molecule has 96 valence electrons. The van der Waals surface area contributed by atoms with Crippen LogP contribution in [0.25, 0.3) is 0 Å². The number of carbonyl (C=O) groups is 1. The lowest BCUT2D eigenvalue weighted by Gasteiger charge is -2.39. The van der Waals surface area contributed by atoms with E-state index in [4.69, 9.17) is 4.74 Å². The Labute approximate surface area is 106 Å². The average molecular weight is 247 g/mol. The minimum atomic E-state index is -0.0759. The Kier molecular flexibility index (Phi) is 2.99. The van der Waals surface area contributed by atoms with Crippen molar-refractivity contribution >= 4 is 5.91 Å². The van der Waals surface area contributed by atoms with E-state index in [-0.39, 0.29) is 11.9 Å². The molecule has 3 atom stereocenters. The summed E-state index contributed by atoms with van der Waals surface area (Å²) >= 11 is 0. The highest BCUT2D eigenvalue weighted by molar-refractivity contribution is 5.93. The Morgan fingerprint density at radius 3 is 2.94 bits per heavy atom. The second-order valence-electron chi connectivity index (χ2n) is 4.92. The molecule has 1 aromatic rings. The van der Waals surface area contributed by atoms with Crippen molar-refractivity contribution in [2.24, 2.45) is 5.92 Å². The fourth-order valence-corrected chi connectivity index (χ4v) is 2.67. The number of hydrogen-bond acceptors (Lipinski definition) is 4. The monoisotopic (exact) mass is 247 g/mol. The molecule has 0 bridgehead atoms. The van der Waals surface area contributed by atoms with Crippen molar-refractivity contribution in [3.05, 3.63) is 23.8 Å². The van der Waals surface area contributed by atoms with Crippen molar-refractivity contribution in [1.82, 2.24) is 15.3 Å². The highest BCUT2D eigenvalue weighted by atomic mass is 16.5. The Balaban J connectivity index is 1.60. The highest BCUT2D eigenvalue weighted by Crippen LogP contribution is 2.38. The van der Waals surface area contributed by atoms with Crippen LogP contribution in [-0.4, -0.2) is 34.6 Å². The second kappa shape index (κ2) is 4.65. The number of aryl methyl sites for hydroxylation is 1. The first-order valence-electron chi connectivity index (χ1n) is 6.51. The molecular weight excluding hydrogens is 230 g/mol. The number of nitrogens with zero attached hydrogens (tertiary/aromatic N) is 2. The van der Waals surface area contributed by atoms with E-state index in [1.807, 2.05) is 6.92 Å². The third kappa shape index (κ3) is 1.99. The molecule has 0 spiro atoms. The summed E-state index contributed by atoms with van der Waals surface area (Å²) in [5.74, 6) is 1.19. The van der Waals surface area contributed by atoms with Gasteiger partial charge in [0.1, 0.15) is 5.82 Å².